The van der Waals surface area contributed by atoms with Crippen LogP contribution in [0.4, 0.5) is 5.69 Å². The highest BCUT2D eigenvalue weighted by molar-refractivity contribution is 6.30. The molecule has 1 N–H and O–H groups in total. The predicted octanol–water partition coefficient (Wildman–Crippen LogP) is 5.47. The van der Waals surface area contributed by atoms with E-state index in [-0.39, 0.29) is 5.82 Å². The van der Waals surface area contributed by atoms with E-state index >= 15 is 0 Å². The van der Waals surface area contributed by atoms with E-state index in [1.54, 1.807) is 48.2 Å². The number of aromatic nitrogens is 3. The summed E-state index contributed by atoms with van der Waals surface area (Å²) in [6.45, 7) is 4.03. The second kappa shape index (κ2) is 8.62. The molecule has 0 atom stereocenters. The minimum Gasteiger partial charge on any atom is -0.497 e. The molecule has 0 aliphatic rings. The fourth-order valence-electron chi connectivity index (χ4n) is 3.30. The van der Waals surface area contributed by atoms with E-state index < -0.39 is 5.91 Å². The van der Waals surface area contributed by atoms with Gasteiger partial charge in [0.2, 0.25) is 5.82 Å². The second-order valence-corrected chi connectivity index (χ2v) is 7.59. The number of benzene rings is 3. The van der Waals surface area contributed by atoms with Gasteiger partial charge < -0.3 is 10.1 Å². The molecule has 0 fully saturated rings. The average molecular weight is 433 g/mol. The highest BCUT2D eigenvalue weighted by atomic mass is 35.5. The molecule has 1 heterocycles. The molecule has 3 aromatic carbocycles. The second-order valence-electron chi connectivity index (χ2n) is 7.15. The third-order valence-electron chi connectivity index (χ3n) is 4.82. The summed E-state index contributed by atoms with van der Waals surface area (Å²) >= 11 is 6.20. The number of nitrogens with one attached hydrogen (secondary N) is 1. The largest absolute Gasteiger partial charge is 0.497 e. The van der Waals surface area contributed by atoms with Crippen molar-refractivity contribution in [2.24, 2.45) is 0 Å². The number of aryl methyl sites for hydroxylation is 2. The molecular formula is C24H21ClN4O2. The van der Waals surface area contributed by atoms with Crippen molar-refractivity contribution < 1.29 is 9.53 Å². The molecule has 1 aromatic heterocycles. The monoisotopic (exact) mass is 432 g/mol. The molecule has 4 rings (SSSR count). The summed E-state index contributed by atoms with van der Waals surface area (Å²) in [5.74, 6) is 0.899. The number of carbonyl (C=O) groups is 1. The number of halogens is 1. The molecule has 0 spiro atoms. The van der Waals surface area contributed by atoms with Crippen molar-refractivity contribution in [3.8, 4) is 22.8 Å². The zero-order chi connectivity index (χ0) is 22.0. The summed E-state index contributed by atoms with van der Waals surface area (Å²) in [5.41, 5.74) is 4.40. The van der Waals surface area contributed by atoms with Crippen LogP contribution in [0.15, 0.2) is 66.7 Å². The SMILES string of the molecule is COc1ccc(NC(=O)c2nc(-c3cccc(Cl)c3)n(-c3ccc(C)cc3C)n2)cc1. The molecule has 1 amide bonds. The van der Waals surface area contributed by atoms with Crippen molar-refractivity contribution in [2.75, 3.05) is 12.4 Å². The Labute approximate surface area is 185 Å². The van der Waals surface area contributed by atoms with Gasteiger partial charge in [-0.15, -0.1) is 5.10 Å². The lowest BCUT2D eigenvalue weighted by Crippen LogP contribution is -2.14. The Morgan fingerprint density at radius 3 is 2.48 bits per heavy atom. The maximum atomic E-state index is 12.9. The summed E-state index contributed by atoms with van der Waals surface area (Å²) in [7, 11) is 1.59. The molecule has 156 valence electrons. The standard InChI is InChI=1S/C24H21ClN4O2/c1-15-7-12-21(16(2)13-15)29-23(17-5-4-6-18(25)14-17)27-22(28-29)24(30)26-19-8-10-20(31-3)11-9-19/h4-14H,1-3H3,(H,26,30). The molecule has 0 saturated heterocycles. The van der Waals surface area contributed by atoms with Gasteiger partial charge in [0.1, 0.15) is 5.75 Å². The number of ether oxygens (including phenoxy) is 1. The molecule has 7 heteroatoms. The van der Waals surface area contributed by atoms with E-state index in [0.717, 1.165) is 22.4 Å². The van der Waals surface area contributed by atoms with Gasteiger partial charge in [0, 0.05) is 16.3 Å². The highest BCUT2D eigenvalue weighted by Gasteiger charge is 2.20. The molecule has 31 heavy (non-hydrogen) atoms. The van der Waals surface area contributed by atoms with E-state index in [0.29, 0.717) is 22.3 Å². The Morgan fingerprint density at radius 2 is 1.81 bits per heavy atom. The number of methoxy groups -OCH3 is 1. The maximum absolute atomic E-state index is 12.9. The summed E-state index contributed by atoms with van der Waals surface area (Å²) in [6, 6.07) is 20.4. The van der Waals surface area contributed by atoms with Gasteiger partial charge in [-0.25, -0.2) is 9.67 Å². The zero-order valence-electron chi connectivity index (χ0n) is 17.4. The van der Waals surface area contributed by atoms with Crippen LogP contribution in [0.1, 0.15) is 21.7 Å². The van der Waals surface area contributed by atoms with Gasteiger partial charge in [0.15, 0.2) is 5.82 Å². The van der Waals surface area contributed by atoms with Crippen LogP contribution in [0.3, 0.4) is 0 Å². The summed E-state index contributed by atoms with van der Waals surface area (Å²) in [6.07, 6.45) is 0. The van der Waals surface area contributed by atoms with Crippen LogP contribution < -0.4 is 10.1 Å². The quantitative estimate of drug-likeness (QED) is 0.454. The van der Waals surface area contributed by atoms with Crippen LogP contribution >= 0.6 is 11.6 Å². The number of anilines is 1. The van der Waals surface area contributed by atoms with Crippen molar-refractivity contribution >= 4 is 23.2 Å². The first-order valence-corrected chi connectivity index (χ1v) is 10.1. The normalized spacial score (nSPS) is 10.7. The minimum atomic E-state index is -0.406. The summed E-state index contributed by atoms with van der Waals surface area (Å²) < 4.78 is 6.84. The summed E-state index contributed by atoms with van der Waals surface area (Å²) in [4.78, 5) is 17.4. The van der Waals surface area contributed by atoms with Crippen LogP contribution in [-0.4, -0.2) is 27.8 Å². The minimum absolute atomic E-state index is 0.0609. The maximum Gasteiger partial charge on any atom is 0.295 e. The number of hydrogen-bond donors (Lipinski definition) is 1. The first kappa shape index (κ1) is 20.6. The lowest BCUT2D eigenvalue weighted by molar-refractivity contribution is 0.101. The topological polar surface area (TPSA) is 69.0 Å². The molecule has 0 aliphatic carbocycles. The van der Waals surface area contributed by atoms with Crippen LogP contribution in [0.25, 0.3) is 17.1 Å². The van der Waals surface area contributed by atoms with Crippen molar-refractivity contribution in [2.45, 2.75) is 13.8 Å². The Hall–Kier alpha value is -3.64. The molecule has 0 radical (unpaired) electrons. The Kier molecular flexibility index (Phi) is 5.73. The Morgan fingerprint density at radius 1 is 1.03 bits per heavy atom. The van der Waals surface area contributed by atoms with Gasteiger partial charge in [-0.2, -0.15) is 0 Å². The zero-order valence-corrected chi connectivity index (χ0v) is 18.1. The fraction of sp³-hybridized carbons (Fsp3) is 0.125. The number of nitrogens with zero attached hydrogens (tertiary/aromatic N) is 3. The number of carbonyl (C=O) groups excluding carboxylic acids is 1. The van der Waals surface area contributed by atoms with Gasteiger partial charge in [0.05, 0.1) is 12.8 Å². The van der Waals surface area contributed by atoms with Gasteiger partial charge in [0.25, 0.3) is 5.91 Å². The van der Waals surface area contributed by atoms with Gasteiger partial charge in [-0.3, -0.25) is 4.79 Å². The highest BCUT2D eigenvalue weighted by Crippen LogP contribution is 2.26. The van der Waals surface area contributed by atoms with E-state index in [1.165, 1.54) is 0 Å². The number of amides is 1. The van der Waals surface area contributed by atoms with Gasteiger partial charge in [-0.1, -0.05) is 41.4 Å². The van der Waals surface area contributed by atoms with Crippen LogP contribution in [0.2, 0.25) is 5.02 Å². The first-order chi connectivity index (χ1) is 14.9. The molecule has 0 unspecified atom stereocenters. The lowest BCUT2D eigenvalue weighted by Gasteiger charge is -2.10. The smallest absolute Gasteiger partial charge is 0.295 e. The van der Waals surface area contributed by atoms with E-state index in [1.807, 2.05) is 38.1 Å². The molecule has 0 aliphatic heterocycles. The molecule has 0 bridgehead atoms. The molecule has 4 aromatic rings. The van der Waals surface area contributed by atoms with Crippen LogP contribution in [0, 0.1) is 13.8 Å². The van der Waals surface area contributed by atoms with Gasteiger partial charge >= 0.3 is 0 Å². The lowest BCUT2D eigenvalue weighted by atomic mass is 10.1. The Bertz CT molecular complexity index is 1250. The fourth-order valence-corrected chi connectivity index (χ4v) is 3.49. The molecular weight excluding hydrogens is 412 g/mol. The Balaban J connectivity index is 1.76. The van der Waals surface area contributed by atoms with Crippen molar-refractivity contribution in [3.63, 3.8) is 0 Å². The third kappa shape index (κ3) is 4.44. The van der Waals surface area contributed by atoms with E-state index in [2.05, 4.69) is 21.5 Å². The molecule has 0 saturated carbocycles. The van der Waals surface area contributed by atoms with Crippen LogP contribution in [-0.2, 0) is 0 Å². The molecule has 6 nitrogen and oxygen atoms in total. The van der Waals surface area contributed by atoms with Crippen LogP contribution in [0.5, 0.6) is 5.75 Å². The van der Waals surface area contributed by atoms with E-state index in [4.69, 9.17) is 16.3 Å². The number of rotatable bonds is 5. The number of hydrogen-bond acceptors (Lipinski definition) is 4. The van der Waals surface area contributed by atoms with Gasteiger partial charge in [-0.05, 0) is 61.9 Å². The van der Waals surface area contributed by atoms with Crippen molar-refractivity contribution in [3.05, 3.63) is 88.7 Å². The first-order valence-electron chi connectivity index (χ1n) is 9.70. The summed E-state index contributed by atoms with van der Waals surface area (Å²) in [5, 5.41) is 7.94. The predicted molar refractivity (Wildman–Crippen MR) is 122 cm³/mol. The van der Waals surface area contributed by atoms with Crippen molar-refractivity contribution in [1.29, 1.82) is 0 Å². The van der Waals surface area contributed by atoms with Crippen molar-refractivity contribution in [1.82, 2.24) is 14.8 Å². The van der Waals surface area contributed by atoms with E-state index in [9.17, 15) is 4.79 Å². The third-order valence-corrected chi connectivity index (χ3v) is 5.06. The average Bonchev–Trinajstić information content (AvgIpc) is 3.20.